The minimum Gasteiger partial charge on any atom is -0.497 e. The first kappa shape index (κ1) is 23.2. The average molecular weight is 446 g/mol. The maximum absolute atomic E-state index is 12.5. The normalized spacial score (nSPS) is 17.3. The van der Waals surface area contributed by atoms with Gasteiger partial charge in [-0.15, -0.1) is 0 Å². The standard InChI is InChI=1S/C23H31N3O4S/c1-18-5-11-22(12-6-18)31(28,29)25-15-20-4-3-13-26(16-20)17-23(27)24-14-19-7-9-21(30-2)10-8-19/h5-12,20,25H,3-4,13-17H2,1-2H3,(H,24,27). The molecule has 2 aromatic carbocycles. The van der Waals surface area contributed by atoms with E-state index in [4.69, 9.17) is 4.74 Å². The van der Waals surface area contributed by atoms with Gasteiger partial charge in [-0.2, -0.15) is 0 Å². The summed E-state index contributed by atoms with van der Waals surface area (Å²) in [5.41, 5.74) is 2.03. The molecule has 1 aliphatic heterocycles. The molecule has 8 heteroatoms. The summed E-state index contributed by atoms with van der Waals surface area (Å²) >= 11 is 0. The summed E-state index contributed by atoms with van der Waals surface area (Å²) in [4.78, 5) is 14.7. The monoisotopic (exact) mass is 445 g/mol. The summed E-state index contributed by atoms with van der Waals surface area (Å²) in [7, 11) is -1.90. The van der Waals surface area contributed by atoms with Crippen LogP contribution in [0.15, 0.2) is 53.4 Å². The van der Waals surface area contributed by atoms with Crippen LogP contribution in [0.5, 0.6) is 5.75 Å². The third-order valence-electron chi connectivity index (χ3n) is 5.51. The Kier molecular flexibility index (Phi) is 8.06. The van der Waals surface area contributed by atoms with Crippen molar-refractivity contribution < 1.29 is 17.9 Å². The lowest BCUT2D eigenvalue weighted by atomic mass is 9.98. The highest BCUT2D eigenvalue weighted by atomic mass is 32.2. The summed E-state index contributed by atoms with van der Waals surface area (Å²) in [6.07, 6.45) is 1.89. The largest absolute Gasteiger partial charge is 0.497 e. The highest BCUT2D eigenvalue weighted by Crippen LogP contribution is 2.17. The maximum Gasteiger partial charge on any atom is 0.240 e. The number of carbonyl (C=O) groups excluding carboxylic acids is 1. The lowest BCUT2D eigenvalue weighted by Crippen LogP contribution is -2.45. The molecule has 1 aliphatic rings. The van der Waals surface area contributed by atoms with Crippen LogP contribution in [-0.4, -0.2) is 52.5 Å². The molecule has 0 aromatic heterocycles. The van der Waals surface area contributed by atoms with Crippen molar-refractivity contribution in [1.82, 2.24) is 14.9 Å². The zero-order valence-electron chi connectivity index (χ0n) is 18.1. The lowest BCUT2D eigenvalue weighted by molar-refractivity contribution is -0.122. The average Bonchev–Trinajstić information content (AvgIpc) is 2.77. The first-order valence-electron chi connectivity index (χ1n) is 10.5. The van der Waals surface area contributed by atoms with Gasteiger partial charge in [0.2, 0.25) is 15.9 Å². The minimum atomic E-state index is -3.52. The van der Waals surface area contributed by atoms with Crippen LogP contribution in [0.4, 0.5) is 0 Å². The van der Waals surface area contributed by atoms with Crippen LogP contribution < -0.4 is 14.8 Å². The van der Waals surface area contributed by atoms with E-state index >= 15 is 0 Å². The smallest absolute Gasteiger partial charge is 0.240 e. The molecular weight excluding hydrogens is 414 g/mol. The van der Waals surface area contributed by atoms with E-state index in [-0.39, 0.29) is 16.7 Å². The second-order valence-corrected chi connectivity index (χ2v) is 9.80. The summed E-state index contributed by atoms with van der Waals surface area (Å²) < 4.78 is 32.9. The number of likely N-dealkylation sites (tertiary alicyclic amines) is 1. The van der Waals surface area contributed by atoms with E-state index in [1.165, 1.54) is 0 Å². The van der Waals surface area contributed by atoms with E-state index in [1.807, 2.05) is 31.2 Å². The molecule has 2 aromatic rings. The number of benzene rings is 2. The van der Waals surface area contributed by atoms with Gasteiger partial charge in [0, 0.05) is 19.6 Å². The number of hydrogen-bond acceptors (Lipinski definition) is 5. The molecule has 1 heterocycles. The number of nitrogens with zero attached hydrogens (tertiary/aromatic N) is 1. The van der Waals surface area contributed by atoms with Crippen LogP contribution in [0.2, 0.25) is 0 Å². The van der Waals surface area contributed by atoms with Gasteiger partial charge in [-0.05, 0) is 62.1 Å². The topological polar surface area (TPSA) is 87.7 Å². The number of nitrogens with one attached hydrogen (secondary N) is 2. The van der Waals surface area contributed by atoms with Gasteiger partial charge in [0.25, 0.3) is 0 Å². The van der Waals surface area contributed by atoms with E-state index in [0.717, 1.165) is 36.3 Å². The van der Waals surface area contributed by atoms with Gasteiger partial charge < -0.3 is 10.1 Å². The predicted octanol–water partition coefficient (Wildman–Crippen LogP) is 2.31. The zero-order valence-corrected chi connectivity index (χ0v) is 19.0. The van der Waals surface area contributed by atoms with Gasteiger partial charge in [-0.3, -0.25) is 9.69 Å². The molecule has 1 atom stereocenters. The zero-order chi connectivity index (χ0) is 22.3. The second kappa shape index (κ2) is 10.7. The molecule has 0 spiro atoms. The summed E-state index contributed by atoms with van der Waals surface area (Å²) in [5, 5.41) is 2.95. The number of rotatable bonds is 9. The lowest BCUT2D eigenvalue weighted by Gasteiger charge is -2.32. The number of carbonyl (C=O) groups is 1. The fraction of sp³-hybridized carbons (Fsp3) is 0.435. The molecule has 1 amide bonds. The molecule has 31 heavy (non-hydrogen) atoms. The number of aryl methyl sites for hydroxylation is 1. The number of methoxy groups -OCH3 is 1. The Bertz CT molecular complexity index is 959. The van der Waals surface area contributed by atoms with Crippen LogP contribution >= 0.6 is 0 Å². The molecule has 0 saturated carbocycles. The van der Waals surface area contributed by atoms with E-state index in [0.29, 0.717) is 26.2 Å². The molecule has 1 fully saturated rings. The van der Waals surface area contributed by atoms with Crippen LogP contribution in [0.3, 0.4) is 0 Å². The number of amides is 1. The molecule has 168 valence electrons. The highest BCUT2D eigenvalue weighted by molar-refractivity contribution is 7.89. The van der Waals surface area contributed by atoms with Gasteiger partial charge in [0.05, 0.1) is 18.6 Å². The van der Waals surface area contributed by atoms with E-state index < -0.39 is 10.0 Å². The number of sulfonamides is 1. The Labute approximate surface area is 184 Å². The Morgan fingerprint density at radius 3 is 2.52 bits per heavy atom. The Balaban J connectivity index is 1.44. The van der Waals surface area contributed by atoms with Crippen molar-refractivity contribution in [1.29, 1.82) is 0 Å². The van der Waals surface area contributed by atoms with Crippen molar-refractivity contribution in [2.75, 3.05) is 33.3 Å². The molecule has 2 N–H and O–H groups in total. The van der Waals surface area contributed by atoms with Crippen LogP contribution in [0.25, 0.3) is 0 Å². The molecule has 0 aliphatic carbocycles. The summed E-state index contributed by atoms with van der Waals surface area (Å²) in [6.45, 7) is 4.63. The molecule has 1 saturated heterocycles. The van der Waals surface area contributed by atoms with E-state index in [1.54, 1.807) is 31.4 Å². The first-order chi connectivity index (χ1) is 14.9. The number of ether oxygens (including phenoxy) is 1. The van der Waals surface area contributed by atoms with Crippen LogP contribution in [0, 0.1) is 12.8 Å². The van der Waals surface area contributed by atoms with Crippen molar-refractivity contribution in [3.05, 3.63) is 59.7 Å². The number of piperidine rings is 1. The second-order valence-electron chi connectivity index (χ2n) is 8.03. The highest BCUT2D eigenvalue weighted by Gasteiger charge is 2.23. The van der Waals surface area contributed by atoms with Crippen molar-refractivity contribution in [2.45, 2.75) is 31.2 Å². The Morgan fingerprint density at radius 2 is 1.84 bits per heavy atom. The first-order valence-corrected chi connectivity index (χ1v) is 12.0. The van der Waals surface area contributed by atoms with Gasteiger partial charge in [0.15, 0.2) is 0 Å². The minimum absolute atomic E-state index is 0.0308. The fourth-order valence-electron chi connectivity index (χ4n) is 3.69. The van der Waals surface area contributed by atoms with E-state index in [9.17, 15) is 13.2 Å². The molecule has 0 bridgehead atoms. The van der Waals surface area contributed by atoms with Crippen molar-refractivity contribution >= 4 is 15.9 Å². The van der Waals surface area contributed by atoms with Gasteiger partial charge in [-0.25, -0.2) is 13.1 Å². The third-order valence-corrected chi connectivity index (χ3v) is 6.95. The van der Waals surface area contributed by atoms with Gasteiger partial charge >= 0.3 is 0 Å². The molecule has 1 unspecified atom stereocenters. The van der Waals surface area contributed by atoms with Gasteiger partial charge in [-0.1, -0.05) is 29.8 Å². The Hall–Kier alpha value is -2.42. The van der Waals surface area contributed by atoms with Crippen molar-refractivity contribution in [2.24, 2.45) is 5.92 Å². The SMILES string of the molecule is COc1ccc(CNC(=O)CN2CCCC(CNS(=O)(=O)c3ccc(C)cc3)C2)cc1. The summed E-state index contributed by atoms with van der Waals surface area (Å²) in [5.74, 6) is 0.938. The van der Waals surface area contributed by atoms with Gasteiger partial charge in [0.1, 0.15) is 5.75 Å². The molecule has 3 rings (SSSR count). The fourth-order valence-corrected chi connectivity index (χ4v) is 4.81. The summed E-state index contributed by atoms with van der Waals surface area (Å²) in [6, 6.07) is 14.4. The molecule has 0 radical (unpaired) electrons. The quantitative estimate of drug-likeness (QED) is 0.619. The Morgan fingerprint density at radius 1 is 1.13 bits per heavy atom. The van der Waals surface area contributed by atoms with Crippen molar-refractivity contribution in [3.8, 4) is 5.75 Å². The predicted molar refractivity (Wildman–Crippen MR) is 120 cm³/mol. The molecular formula is C23H31N3O4S. The van der Waals surface area contributed by atoms with Crippen LogP contribution in [0.1, 0.15) is 24.0 Å². The third kappa shape index (κ3) is 7.05. The maximum atomic E-state index is 12.5. The van der Waals surface area contributed by atoms with Crippen molar-refractivity contribution in [3.63, 3.8) is 0 Å². The van der Waals surface area contributed by atoms with E-state index in [2.05, 4.69) is 14.9 Å². The number of hydrogen-bond donors (Lipinski definition) is 2. The van der Waals surface area contributed by atoms with Crippen LogP contribution in [-0.2, 0) is 21.4 Å². The molecule has 7 nitrogen and oxygen atoms in total.